The van der Waals surface area contributed by atoms with Gasteiger partial charge in [-0.2, -0.15) is 0 Å². The summed E-state index contributed by atoms with van der Waals surface area (Å²) in [5.41, 5.74) is 7.61. The first-order valence-corrected chi connectivity index (χ1v) is 5.90. The van der Waals surface area contributed by atoms with Crippen molar-refractivity contribution >= 4 is 18.0 Å². The van der Waals surface area contributed by atoms with E-state index in [1.54, 1.807) is 30.4 Å². The van der Waals surface area contributed by atoms with E-state index in [0.29, 0.717) is 11.3 Å². The molecule has 0 amide bonds. The van der Waals surface area contributed by atoms with Crippen LogP contribution in [0.4, 0.5) is 0 Å². The maximum atomic E-state index is 11.2. The van der Waals surface area contributed by atoms with Crippen LogP contribution in [0.5, 0.6) is 0 Å². The van der Waals surface area contributed by atoms with Crippen molar-refractivity contribution in [3.63, 3.8) is 0 Å². The van der Waals surface area contributed by atoms with E-state index in [9.17, 15) is 9.59 Å². The molecule has 0 aliphatic heterocycles. The van der Waals surface area contributed by atoms with Crippen LogP contribution in [-0.4, -0.2) is 22.2 Å². The summed E-state index contributed by atoms with van der Waals surface area (Å²) in [5, 5.41) is 18.0. The third kappa shape index (κ3) is 2.95. The monoisotopic (exact) mass is 271 g/mol. The standard InChI is InChI=1S/C15H13NO4/c16-12-5-6-13(15(19)20)11(8-12)7-9-1-3-10(4-2-9)14(17)18/h1-8,13H,16H2,(H,17,18)(H,19,20). The fourth-order valence-corrected chi connectivity index (χ4v) is 1.92. The van der Waals surface area contributed by atoms with Gasteiger partial charge in [-0.25, -0.2) is 4.79 Å². The van der Waals surface area contributed by atoms with Crippen LogP contribution < -0.4 is 5.73 Å². The van der Waals surface area contributed by atoms with Crippen LogP contribution in [-0.2, 0) is 4.79 Å². The van der Waals surface area contributed by atoms with Gasteiger partial charge in [0.25, 0.3) is 0 Å². The number of rotatable bonds is 3. The molecule has 1 aromatic carbocycles. The lowest BCUT2D eigenvalue weighted by atomic mass is 9.91. The molecule has 1 aliphatic carbocycles. The van der Waals surface area contributed by atoms with Crippen molar-refractivity contribution in [1.82, 2.24) is 0 Å². The van der Waals surface area contributed by atoms with Crippen LogP contribution in [0.15, 0.2) is 53.8 Å². The van der Waals surface area contributed by atoms with E-state index in [-0.39, 0.29) is 5.56 Å². The maximum Gasteiger partial charge on any atom is 0.335 e. The smallest absolute Gasteiger partial charge is 0.335 e. The summed E-state index contributed by atoms with van der Waals surface area (Å²) in [4.78, 5) is 21.9. The van der Waals surface area contributed by atoms with Gasteiger partial charge in [-0.05, 0) is 35.4 Å². The Balaban J connectivity index is 2.34. The second-order valence-electron chi connectivity index (χ2n) is 4.39. The number of hydrogen-bond acceptors (Lipinski definition) is 3. The molecular weight excluding hydrogens is 258 g/mol. The molecule has 1 unspecified atom stereocenters. The van der Waals surface area contributed by atoms with Crippen LogP contribution >= 0.6 is 0 Å². The number of carbonyl (C=O) groups is 2. The van der Waals surface area contributed by atoms with Gasteiger partial charge in [-0.15, -0.1) is 0 Å². The molecule has 1 aromatic rings. The third-order valence-corrected chi connectivity index (χ3v) is 2.93. The lowest BCUT2D eigenvalue weighted by molar-refractivity contribution is -0.138. The van der Waals surface area contributed by atoms with Crippen LogP contribution in [0.25, 0.3) is 6.08 Å². The number of nitrogens with two attached hydrogens (primary N) is 1. The van der Waals surface area contributed by atoms with E-state index in [1.807, 2.05) is 0 Å². The Morgan fingerprint density at radius 2 is 1.80 bits per heavy atom. The minimum Gasteiger partial charge on any atom is -0.481 e. The lowest BCUT2D eigenvalue weighted by Crippen LogP contribution is -2.16. The van der Waals surface area contributed by atoms with E-state index in [2.05, 4.69) is 0 Å². The number of hydrogen-bond donors (Lipinski definition) is 3. The normalized spacial score (nSPS) is 19.7. The number of carboxylic acid groups (broad SMARTS) is 2. The van der Waals surface area contributed by atoms with Crippen molar-refractivity contribution in [2.75, 3.05) is 0 Å². The maximum absolute atomic E-state index is 11.2. The predicted molar refractivity (Wildman–Crippen MR) is 73.9 cm³/mol. The fraction of sp³-hybridized carbons (Fsp3) is 0.0667. The molecule has 5 heteroatoms. The molecule has 4 N–H and O–H groups in total. The molecular formula is C15H13NO4. The summed E-state index contributed by atoms with van der Waals surface area (Å²) in [7, 11) is 0. The molecule has 0 aromatic heterocycles. The largest absolute Gasteiger partial charge is 0.481 e. The van der Waals surface area contributed by atoms with Crippen molar-refractivity contribution in [2.24, 2.45) is 11.7 Å². The van der Waals surface area contributed by atoms with Crippen LogP contribution in [0.1, 0.15) is 15.9 Å². The molecule has 1 aliphatic rings. The highest BCUT2D eigenvalue weighted by molar-refractivity contribution is 5.88. The van der Waals surface area contributed by atoms with Gasteiger partial charge >= 0.3 is 11.9 Å². The topological polar surface area (TPSA) is 101 Å². The molecule has 0 bridgehead atoms. The number of benzene rings is 1. The summed E-state index contributed by atoms with van der Waals surface area (Å²) >= 11 is 0. The van der Waals surface area contributed by atoms with Crippen LogP contribution in [0, 0.1) is 5.92 Å². The Hall–Kier alpha value is -2.82. The third-order valence-electron chi connectivity index (χ3n) is 2.93. The fourth-order valence-electron chi connectivity index (χ4n) is 1.92. The predicted octanol–water partition coefficient (Wildman–Crippen LogP) is 1.88. The SMILES string of the molecule is NC1=CC(=Cc2ccc(C(=O)O)cc2)C(C(=O)O)C=C1. The molecule has 5 nitrogen and oxygen atoms in total. The molecule has 0 heterocycles. The molecule has 1 atom stereocenters. The number of carboxylic acids is 2. The number of allylic oxidation sites excluding steroid dienone is 2. The van der Waals surface area contributed by atoms with E-state index in [1.165, 1.54) is 18.2 Å². The molecule has 2 rings (SSSR count). The van der Waals surface area contributed by atoms with Gasteiger partial charge in [-0.1, -0.05) is 24.3 Å². The second-order valence-corrected chi connectivity index (χ2v) is 4.39. The van der Waals surface area contributed by atoms with Gasteiger partial charge in [0.15, 0.2) is 0 Å². The van der Waals surface area contributed by atoms with Crippen molar-refractivity contribution in [3.05, 3.63) is 64.9 Å². The van der Waals surface area contributed by atoms with Crippen molar-refractivity contribution in [2.45, 2.75) is 0 Å². The van der Waals surface area contributed by atoms with Crippen LogP contribution in [0.2, 0.25) is 0 Å². The summed E-state index contributed by atoms with van der Waals surface area (Å²) < 4.78 is 0. The van der Waals surface area contributed by atoms with E-state index in [0.717, 1.165) is 5.56 Å². The van der Waals surface area contributed by atoms with Crippen LogP contribution in [0.3, 0.4) is 0 Å². The Morgan fingerprint density at radius 1 is 1.15 bits per heavy atom. The number of aromatic carboxylic acids is 1. The van der Waals surface area contributed by atoms with E-state index < -0.39 is 17.9 Å². The Kier molecular flexibility index (Phi) is 3.70. The van der Waals surface area contributed by atoms with Gasteiger partial charge in [0.1, 0.15) is 5.92 Å². The average molecular weight is 271 g/mol. The molecule has 0 radical (unpaired) electrons. The number of aliphatic carboxylic acids is 1. The summed E-state index contributed by atoms with van der Waals surface area (Å²) in [6.07, 6.45) is 6.36. The van der Waals surface area contributed by atoms with Crippen molar-refractivity contribution < 1.29 is 19.8 Å². The molecule has 0 saturated carbocycles. The molecule has 0 spiro atoms. The van der Waals surface area contributed by atoms with Crippen molar-refractivity contribution in [3.8, 4) is 0 Å². The van der Waals surface area contributed by atoms with Gasteiger partial charge in [0.2, 0.25) is 0 Å². The second kappa shape index (κ2) is 5.44. The van der Waals surface area contributed by atoms with E-state index >= 15 is 0 Å². The van der Waals surface area contributed by atoms with Gasteiger partial charge in [-0.3, -0.25) is 4.79 Å². The lowest BCUT2D eigenvalue weighted by Gasteiger charge is -2.14. The summed E-state index contributed by atoms with van der Waals surface area (Å²) in [6, 6.07) is 6.18. The zero-order valence-corrected chi connectivity index (χ0v) is 10.5. The highest BCUT2D eigenvalue weighted by Gasteiger charge is 2.20. The first kappa shape index (κ1) is 13.6. The van der Waals surface area contributed by atoms with Gasteiger partial charge < -0.3 is 15.9 Å². The minimum atomic E-state index is -1.00. The first-order valence-electron chi connectivity index (χ1n) is 5.90. The quantitative estimate of drug-likeness (QED) is 0.779. The Morgan fingerprint density at radius 3 is 2.35 bits per heavy atom. The highest BCUT2D eigenvalue weighted by atomic mass is 16.4. The minimum absolute atomic E-state index is 0.181. The average Bonchev–Trinajstić information content (AvgIpc) is 2.39. The first-order chi connectivity index (χ1) is 9.47. The highest BCUT2D eigenvalue weighted by Crippen LogP contribution is 2.23. The molecule has 20 heavy (non-hydrogen) atoms. The Bertz CT molecular complexity index is 638. The van der Waals surface area contributed by atoms with Gasteiger partial charge in [0.05, 0.1) is 5.56 Å². The molecule has 102 valence electrons. The van der Waals surface area contributed by atoms with E-state index in [4.69, 9.17) is 15.9 Å². The van der Waals surface area contributed by atoms with Gasteiger partial charge in [0, 0.05) is 5.70 Å². The zero-order chi connectivity index (χ0) is 14.7. The van der Waals surface area contributed by atoms with Crippen molar-refractivity contribution in [1.29, 1.82) is 0 Å². The Labute approximate surface area is 115 Å². The zero-order valence-electron chi connectivity index (χ0n) is 10.5. The summed E-state index contributed by atoms with van der Waals surface area (Å²) in [5.74, 6) is -2.71. The molecule has 0 saturated heterocycles. The summed E-state index contributed by atoms with van der Waals surface area (Å²) in [6.45, 7) is 0. The molecule has 0 fully saturated rings.